The number of benzene rings is 2. The first-order valence-electron chi connectivity index (χ1n) is 7.91. The number of hydrogen-bond donors (Lipinski definition) is 1. The summed E-state index contributed by atoms with van der Waals surface area (Å²) in [5.74, 6) is -0.931. The van der Waals surface area contributed by atoms with Gasteiger partial charge in [0.15, 0.2) is 5.17 Å². The third-order valence-electron chi connectivity index (χ3n) is 4.21. The topological polar surface area (TPSA) is 61.8 Å². The van der Waals surface area contributed by atoms with Crippen LogP contribution in [0.4, 0.5) is 15.8 Å². The van der Waals surface area contributed by atoms with E-state index in [1.54, 1.807) is 11.9 Å². The van der Waals surface area contributed by atoms with Crippen molar-refractivity contribution < 1.29 is 14.0 Å². The smallest absolute Gasteiger partial charge is 0.264 e. The van der Waals surface area contributed by atoms with E-state index in [-0.39, 0.29) is 17.6 Å². The lowest BCUT2D eigenvalue weighted by molar-refractivity contribution is -0.116. The summed E-state index contributed by atoms with van der Waals surface area (Å²) >= 11 is 1.12. The van der Waals surface area contributed by atoms with Crippen molar-refractivity contribution >= 4 is 45.7 Å². The number of nitrogens with zero attached hydrogens (tertiary/aromatic N) is 2. The Balaban J connectivity index is 1.76. The second-order valence-corrected chi connectivity index (χ2v) is 7.04. The van der Waals surface area contributed by atoms with Gasteiger partial charge in [-0.1, -0.05) is 11.6 Å². The van der Waals surface area contributed by atoms with Gasteiger partial charge in [0.1, 0.15) is 5.82 Å². The summed E-state index contributed by atoms with van der Waals surface area (Å²) < 4.78 is 13.0. The Bertz CT molecular complexity index is 1010. The second-order valence-electron chi connectivity index (χ2n) is 6.04. The molecule has 0 atom stereocenters. The molecule has 2 aromatic carbocycles. The number of aryl methyl sites for hydroxylation is 1. The SMILES string of the molecule is Cc1ccc2c(c1)/C(=C1/SC(=Nc3ccc(F)cc3)NC1=O)C(=O)N2C. The molecular weight excluding hydrogens is 353 g/mol. The highest BCUT2D eigenvalue weighted by Crippen LogP contribution is 2.42. The average molecular weight is 367 g/mol. The summed E-state index contributed by atoms with van der Waals surface area (Å²) in [6, 6.07) is 11.4. The molecule has 2 aromatic rings. The molecule has 0 aliphatic carbocycles. The van der Waals surface area contributed by atoms with Crippen LogP contribution in [0, 0.1) is 12.7 Å². The van der Waals surface area contributed by atoms with Crippen LogP contribution < -0.4 is 10.2 Å². The Kier molecular flexibility index (Phi) is 3.88. The first kappa shape index (κ1) is 16.5. The molecule has 2 heterocycles. The summed E-state index contributed by atoms with van der Waals surface area (Å²) in [5, 5.41) is 3.04. The van der Waals surface area contributed by atoms with Crippen molar-refractivity contribution in [2.75, 3.05) is 11.9 Å². The van der Waals surface area contributed by atoms with Crippen LogP contribution in [0.2, 0.25) is 0 Å². The highest BCUT2D eigenvalue weighted by molar-refractivity contribution is 8.18. The third-order valence-corrected chi connectivity index (χ3v) is 5.19. The molecule has 1 N–H and O–H groups in total. The summed E-state index contributed by atoms with van der Waals surface area (Å²) in [5.41, 5.74) is 3.44. The number of likely N-dealkylation sites (N-methyl/N-ethyl adjacent to an activating group) is 1. The monoisotopic (exact) mass is 367 g/mol. The van der Waals surface area contributed by atoms with Crippen molar-refractivity contribution in [3.63, 3.8) is 0 Å². The van der Waals surface area contributed by atoms with E-state index < -0.39 is 0 Å². The van der Waals surface area contributed by atoms with Gasteiger partial charge in [-0.05, 0) is 55.1 Å². The molecule has 7 heteroatoms. The number of fused-ring (bicyclic) bond motifs is 1. The van der Waals surface area contributed by atoms with Gasteiger partial charge in [-0.25, -0.2) is 9.38 Å². The lowest BCUT2D eigenvalue weighted by Gasteiger charge is -2.08. The second kappa shape index (κ2) is 6.10. The number of hydrogen-bond acceptors (Lipinski definition) is 4. The van der Waals surface area contributed by atoms with Crippen LogP contribution in [0.15, 0.2) is 52.4 Å². The van der Waals surface area contributed by atoms with Gasteiger partial charge in [-0.15, -0.1) is 0 Å². The average Bonchev–Trinajstić information content (AvgIpc) is 3.07. The van der Waals surface area contributed by atoms with E-state index in [1.165, 1.54) is 24.3 Å². The maximum atomic E-state index is 13.0. The van der Waals surface area contributed by atoms with E-state index in [2.05, 4.69) is 10.3 Å². The molecule has 0 saturated carbocycles. The zero-order chi connectivity index (χ0) is 18.4. The Labute approximate surface area is 153 Å². The predicted molar refractivity (Wildman–Crippen MR) is 101 cm³/mol. The van der Waals surface area contributed by atoms with E-state index in [0.717, 1.165) is 28.6 Å². The molecule has 0 aromatic heterocycles. The molecular formula is C19H14FN3O2S. The number of amidine groups is 1. The van der Waals surface area contributed by atoms with Gasteiger partial charge in [0.05, 0.1) is 21.9 Å². The number of carbonyl (C=O) groups excluding carboxylic acids is 2. The fraction of sp³-hybridized carbons (Fsp3) is 0.105. The van der Waals surface area contributed by atoms with Crippen molar-refractivity contribution in [2.45, 2.75) is 6.92 Å². The van der Waals surface area contributed by atoms with Gasteiger partial charge in [0, 0.05) is 12.6 Å². The first-order valence-corrected chi connectivity index (χ1v) is 8.72. The number of halogens is 1. The highest BCUT2D eigenvalue weighted by atomic mass is 32.2. The van der Waals surface area contributed by atoms with Crippen molar-refractivity contribution in [3.05, 3.63) is 64.3 Å². The van der Waals surface area contributed by atoms with Crippen LogP contribution in [-0.4, -0.2) is 24.0 Å². The van der Waals surface area contributed by atoms with Crippen molar-refractivity contribution in [3.8, 4) is 0 Å². The van der Waals surface area contributed by atoms with E-state index >= 15 is 0 Å². The summed E-state index contributed by atoms with van der Waals surface area (Å²) in [7, 11) is 1.69. The summed E-state index contributed by atoms with van der Waals surface area (Å²) in [6.07, 6.45) is 0. The normalized spacial score (nSPS) is 20.7. The minimum Gasteiger partial charge on any atom is -0.311 e. The lowest BCUT2D eigenvalue weighted by atomic mass is 10.0. The molecule has 0 radical (unpaired) electrons. The largest absolute Gasteiger partial charge is 0.311 e. The number of thioether (sulfide) groups is 1. The fourth-order valence-corrected chi connectivity index (χ4v) is 3.86. The van der Waals surface area contributed by atoms with Crippen LogP contribution in [0.1, 0.15) is 11.1 Å². The number of carbonyl (C=O) groups is 2. The molecule has 26 heavy (non-hydrogen) atoms. The lowest BCUT2D eigenvalue weighted by Crippen LogP contribution is -2.23. The number of rotatable bonds is 1. The van der Waals surface area contributed by atoms with Crippen LogP contribution >= 0.6 is 11.8 Å². The van der Waals surface area contributed by atoms with E-state index in [0.29, 0.717) is 21.3 Å². The van der Waals surface area contributed by atoms with Crippen LogP contribution in [0.25, 0.3) is 5.57 Å². The van der Waals surface area contributed by atoms with Crippen molar-refractivity contribution in [2.24, 2.45) is 4.99 Å². The van der Waals surface area contributed by atoms with Gasteiger partial charge in [-0.3, -0.25) is 9.59 Å². The standard InChI is InChI=1S/C19H14FN3O2S/c1-10-3-8-14-13(9-10)15(18(25)23(14)2)16-17(24)22-19(26-16)21-12-6-4-11(20)5-7-12/h3-9H,1-2H3,(H,21,22,24)/b16-15-. The molecule has 2 aliphatic rings. The zero-order valence-electron chi connectivity index (χ0n) is 14.0. The van der Waals surface area contributed by atoms with Crippen molar-refractivity contribution in [1.29, 1.82) is 0 Å². The molecule has 2 aliphatic heterocycles. The quantitative estimate of drug-likeness (QED) is 0.786. The van der Waals surface area contributed by atoms with Gasteiger partial charge in [0.2, 0.25) is 0 Å². The molecule has 5 nitrogen and oxygen atoms in total. The van der Waals surface area contributed by atoms with Crippen LogP contribution in [-0.2, 0) is 9.59 Å². The fourth-order valence-electron chi connectivity index (χ4n) is 2.92. The number of amides is 2. The van der Waals surface area contributed by atoms with E-state index in [4.69, 9.17) is 0 Å². The van der Waals surface area contributed by atoms with Crippen LogP contribution in [0.5, 0.6) is 0 Å². The molecule has 1 saturated heterocycles. The number of aliphatic imine (C=N–C) groups is 1. The highest BCUT2D eigenvalue weighted by Gasteiger charge is 2.38. The molecule has 0 spiro atoms. The minimum atomic E-state index is -0.359. The maximum absolute atomic E-state index is 13.0. The van der Waals surface area contributed by atoms with Gasteiger partial charge in [0.25, 0.3) is 11.8 Å². The number of nitrogens with one attached hydrogen (secondary N) is 1. The Hall–Kier alpha value is -2.93. The van der Waals surface area contributed by atoms with Crippen molar-refractivity contribution in [1.82, 2.24) is 5.32 Å². The Morgan fingerprint density at radius 1 is 1.12 bits per heavy atom. The molecule has 1 fully saturated rings. The Morgan fingerprint density at radius 3 is 2.58 bits per heavy atom. The molecule has 0 bridgehead atoms. The molecule has 4 rings (SSSR count). The molecule has 2 amide bonds. The van der Waals surface area contributed by atoms with Gasteiger partial charge in [-0.2, -0.15) is 0 Å². The first-order chi connectivity index (χ1) is 12.4. The van der Waals surface area contributed by atoms with E-state index in [9.17, 15) is 14.0 Å². The zero-order valence-corrected chi connectivity index (χ0v) is 14.9. The summed E-state index contributed by atoms with van der Waals surface area (Å²) in [4.78, 5) is 31.3. The van der Waals surface area contributed by atoms with Gasteiger partial charge < -0.3 is 10.2 Å². The maximum Gasteiger partial charge on any atom is 0.264 e. The predicted octanol–water partition coefficient (Wildman–Crippen LogP) is 3.37. The minimum absolute atomic E-state index is 0.216. The summed E-state index contributed by atoms with van der Waals surface area (Å²) in [6.45, 7) is 1.94. The third kappa shape index (κ3) is 2.70. The Morgan fingerprint density at radius 2 is 1.85 bits per heavy atom. The van der Waals surface area contributed by atoms with Gasteiger partial charge >= 0.3 is 0 Å². The molecule has 0 unspecified atom stereocenters. The van der Waals surface area contributed by atoms with Crippen LogP contribution in [0.3, 0.4) is 0 Å². The van der Waals surface area contributed by atoms with E-state index in [1.807, 2.05) is 25.1 Å². The molecule has 130 valence electrons. The number of anilines is 1.